The highest BCUT2D eigenvalue weighted by Crippen LogP contribution is 2.17. The zero-order valence-electron chi connectivity index (χ0n) is 13.9. The summed E-state index contributed by atoms with van der Waals surface area (Å²) in [6.45, 7) is 3.06. The van der Waals surface area contributed by atoms with Crippen LogP contribution in [0.5, 0.6) is 0 Å². The van der Waals surface area contributed by atoms with Crippen LogP contribution in [0.3, 0.4) is 0 Å². The van der Waals surface area contributed by atoms with E-state index in [1.165, 1.54) is 37.4 Å². The van der Waals surface area contributed by atoms with Crippen LogP contribution in [-0.4, -0.2) is 35.4 Å². The van der Waals surface area contributed by atoms with Crippen molar-refractivity contribution in [3.05, 3.63) is 53.9 Å². The molecule has 0 saturated carbocycles. The molecule has 0 aliphatic carbocycles. The van der Waals surface area contributed by atoms with Gasteiger partial charge in [-0.3, -0.25) is 4.79 Å². The average Bonchev–Trinajstić information content (AvgIpc) is 2.54. The van der Waals surface area contributed by atoms with Gasteiger partial charge in [0.15, 0.2) is 0 Å². The van der Waals surface area contributed by atoms with E-state index in [4.69, 9.17) is 5.11 Å². The fourth-order valence-corrected chi connectivity index (χ4v) is 2.83. The number of carbonyl (C=O) groups excluding carboxylic acids is 1. The lowest BCUT2D eigenvalue weighted by atomic mass is 10.2. The summed E-state index contributed by atoms with van der Waals surface area (Å²) in [5.74, 6) is -1.88. The fraction of sp³-hybridized carbons (Fsp3) is 0.125. The highest BCUT2D eigenvalue weighted by Gasteiger charge is 2.16. The van der Waals surface area contributed by atoms with E-state index in [-0.39, 0.29) is 16.4 Å². The molecule has 0 aliphatic rings. The zero-order valence-corrected chi connectivity index (χ0v) is 14.7. The molecule has 2 aromatic rings. The molecule has 1 heterocycles. The standard InChI is InChI=1S/C16H16N4O5S/c1-10(9-14(21)22)15(23)19-12-3-5-13(6-4-12)26(24,25)20-16-17-8-7-11(2)18-16/h3-9H,1-2H3,(H,19,23)(H,21,22)(H,17,18,20)/b10-9-. The van der Waals surface area contributed by atoms with Crippen LogP contribution in [0, 0.1) is 6.92 Å². The largest absolute Gasteiger partial charge is 0.478 e. The molecule has 10 heteroatoms. The first-order chi connectivity index (χ1) is 12.2. The normalized spacial score (nSPS) is 11.7. The van der Waals surface area contributed by atoms with E-state index in [0.717, 1.165) is 6.08 Å². The number of sulfonamides is 1. The third-order valence-corrected chi connectivity index (χ3v) is 4.49. The minimum atomic E-state index is -3.88. The molecule has 0 radical (unpaired) electrons. The van der Waals surface area contributed by atoms with E-state index >= 15 is 0 Å². The Morgan fingerprint density at radius 3 is 2.38 bits per heavy atom. The summed E-state index contributed by atoms with van der Waals surface area (Å²) in [6, 6.07) is 7.00. The van der Waals surface area contributed by atoms with Gasteiger partial charge in [-0.15, -0.1) is 0 Å². The topological polar surface area (TPSA) is 138 Å². The summed E-state index contributed by atoms with van der Waals surface area (Å²) in [6.07, 6.45) is 2.21. The maximum Gasteiger partial charge on any atom is 0.328 e. The van der Waals surface area contributed by atoms with Crippen LogP contribution in [0.15, 0.2) is 53.1 Å². The van der Waals surface area contributed by atoms with E-state index < -0.39 is 21.9 Å². The summed E-state index contributed by atoms with van der Waals surface area (Å²) in [4.78, 5) is 30.1. The van der Waals surface area contributed by atoms with Crippen molar-refractivity contribution in [2.75, 3.05) is 10.0 Å². The number of carbonyl (C=O) groups is 2. The molecule has 9 nitrogen and oxygen atoms in total. The van der Waals surface area contributed by atoms with Gasteiger partial charge in [-0.25, -0.2) is 27.9 Å². The minimum Gasteiger partial charge on any atom is -0.478 e. The van der Waals surface area contributed by atoms with E-state index in [0.29, 0.717) is 11.4 Å². The quantitative estimate of drug-likeness (QED) is 0.650. The second-order valence-corrected chi connectivity index (χ2v) is 6.95. The Balaban J connectivity index is 2.13. The zero-order chi connectivity index (χ0) is 19.3. The molecule has 1 aromatic carbocycles. The molecule has 0 saturated heterocycles. The van der Waals surface area contributed by atoms with Crippen LogP contribution >= 0.6 is 0 Å². The van der Waals surface area contributed by atoms with Gasteiger partial charge >= 0.3 is 5.97 Å². The lowest BCUT2D eigenvalue weighted by Gasteiger charge is -2.09. The van der Waals surface area contributed by atoms with Crippen LogP contribution < -0.4 is 10.0 Å². The second-order valence-electron chi connectivity index (χ2n) is 5.27. The van der Waals surface area contributed by atoms with Crippen LogP contribution in [0.4, 0.5) is 11.6 Å². The van der Waals surface area contributed by atoms with Gasteiger partial charge in [0.05, 0.1) is 4.90 Å². The number of rotatable bonds is 6. The molecular weight excluding hydrogens is 360 g/mol. The van der Waals surface area contributed by atoms with Crippen molar-refractivity contribution in [3.63, 3.8) is 0 Å². The van der Waals surface area contributed by atoms with Gasteiger partial charge in [0.25, 0.3) is 15.9 Å². The summed E-state index contributed by atoms with van der Waals surface area (Å²) in [5, 5.41) is 11.1. The molecule has 0 aliphatic heterocycles. The number of carboxylic acids is 1. The predicted octanol–water partition coefficient (Wildman–Crippen LogP) is 1.56. The fourth-order valence-electron chi connectivity index (χ4n) is 1.88. The van der Waals surface area contributed by atoms with Crippen molar-refractivity contribution in [1.29, 1.82) is 0 Å². The van der Waals surface area contributed by atoms with Gasteiger partial charge in [-0.2, -0.15) is 0 Å². The molecule has 0 unspecified atom stereocenters. The minimum absolute atomic E-state index is 0.00691. The molecule has 0 spiro atoms. The van der Waals surface area contributed by atoms with Crippen molar-refractivity contribution in [2.45, 2.75) is 18.7 Å². The number of aryl methyl sites for hydroxylation is 1. The SMILES string of the molecule is C/C(=C/C(=O)O)C(=O)Nc1ccc(S(=O)(=O)Nc2nccc(C)n2)cc1. The Hall–Kier alpha value is -3.27. The van der Waals surface area contributed by atoms with Crippen molar-refractivity contribution in [2.24, 2.45) is 0 Å². The number of aromatic nitrogens is 2. The van der Waals surface area contributed by atoms with Crippen LogP contribution in [0.2, 0.25) is 0 Å². The van der Waals surface area contributed by atoms with Gasteiger partial charge in [0, 0.05) is 29.2 Å². The molecule has 1 aromatic heterocycles. The third-order valence-electron chi connectivity index (χ3n) is 3.14. The molecule has 136 valence electrons. The summed E-state index contributed by atoms with van der Waals surface area (Å²) in [7, 11) is -3.88. The first-order valence-electron chi connectivity index (χ1n) is 7.32. The molecule has 0 fully saturated rings. The van der Waals surface area contributed by atoms with E-state index in [9.17, 15) is 18.0 Å². The number of nitrogens with zero attached hydrogens (tertiary/aromatic N) is 2. The maximum absolute atomic E-state index is 12.3. The van der Waals surface area contributed by atoms with Crippen LogP contribution in [0.25, 0.3) is 0 Å². The number of benzene rings is 1. The monoisotopic (exact) mass is 376 g/mol. The van der Waals surface area contributed by atoms with Gasteiger partial charge < -0.3 is 10.4 Å². The Morgan fingerprint density at radius 1 is 1.15 bits per heavy atom. The summed E-state index contributed by atoms with van der Waals surface area (Å²) in [5.41, 5.74) is 0.937. The van der Waals surface area contributed by atoms with Gasteiger partial charge in [0.1, 0.15) is 0 Å². The van der Waals surface area contributed by atoms with E-state index in [1.54, 1.807) is 13.0 Å². The van der Waals surface area contributed by atoms with E-state index in [2.05, 4.69) is 20.0 Å². The number of anilines is 2. The van der Waals surface area contributed by atoms with Gasteiger partial charge in [-0.05, 0) is 44.2 Å². The highest BCUT2D eigenvalue weighted by atomic mass is 32.2. The lowest BCUT2D eigenvalue weighted by Crippen LogP contribution is -2.16. The smallest absolute Gasteiger partial charge is 0.328 e. The summed E-state index contributed by atoms with van der Waals surface area (Å²) < 4.78 is 26.9. The molecule has 0 atom stereocenters. The molecule has 26 heavy (non-hydrogen) atoms. The first-order valence-corrected chi connectivity index (χ1v) is 8.81. The van der Waals surface area contributed by atoms with Crippen LogP contribution in [-0.2, 0) is 19.6 Å². The molecule has 0 bridgehead atoms. The Labute approximate surface area is 149 Å². The first kappa shape index (κ1) is 19.1. The lowest BCUT2D eigenvalue weighted by molar-refractivity contribution is -0.131. The third kappa shape index (κ3) is 5.11. The average molecular weight is 376 g/mol. The highest BCUT2D eigenvalue weighted by molar-refractivity contribution is 7.92. The molecule has 1 amide bonds. The molecule has 3 N–H and O–H groups in total. The Kier molecular flexibility index (Phi) is 5.68. The summed E-state index contributed by atoms with van der Waals surface area (Å²) >= 11 is 0. The number of carboxylic acid groups (broad SMARTS) is 1. The number of amides is 1. The van der Waals surface area contributed by atoms with Crippen molar-refractivity contribution in [1.82, 2.24) is 9.97 Å². The van der Waals surface area contributed by atoms with Crippen molar-refractivity contribution >= 4 is 33.5 Å². The van der Waals surface area contributed by atoms with Gasteiger partial charge in [0.2, 0.25) is 5.95 Å². The van der Waals surface area contributed by atoms with Gasteiger partial charge in [-0.1, -0.05) is 0 Å². The Bertz CT molecular complexity index is 968. The maximum atomic E-state index is 12.3. The number of nitrogens with one attached hydrogen (secondary N) is 2. The Morgan fingerprint density at radius 2 is 1.81 bits per heavy atom. The number of hydrogen-bond donors (Lipinski definition) is 3. The molecular formula is C16H16N4O5S. The van der Waals surface area contributed by atoms with E-state index in [1.807, 2.05) is 0 Å². The predicted molar refractivity (Wildman–Crippen MR) is 94.0 cm³/mol. The van der Waals surface area contributed by atoms with Crippen molar-refractivity contribution < 1.29 is 23.1 Å². The number of hydrogen-bond acceptors (Lipinski definition) is 6. The van der Waals surface area contributed by atoms with Crippen LogP contribution in [0.1, 0.15) is 12.6 Å². The number of aliphatic carboxylic acids is 1. The molecule has 2 rings (SSSR count). The second kappa shape index (κ2) is 7.74. The van der Waals surface area contributed by atoms with Crippen molar-refractivity contribution in [3.8, 4) is 0 Å².